The van der Waals surface area contributed by atoms with E-state index in [1.54, 1.807) is 0 Å². The molecular formula is C22H30O2Si. The summed E-state index contributed by atoms with van der Waals surface area (Å²) >= 11 is 0. The van der Waals surface area contributed by atoms with E-state index in [0.717, 1.165) is 19.4 Å². The van der Waals surface area contributed by atoms with E-state index < -0.39 is 8.56 Å². The van der Waals surface area contributed by atoms with Crippen molar-refractivity contribution in [3.8, 4) is 0 Å². The van der Waals surface area contributed by atoms with Gasteiger partial charge in [0.2, 0.25) is 0 Å². The average Bonchev–Trinajstić information content (AvgIpc) is 2.68. The largest absolute Gasteiger partial charge is 0.407 e. The van der Waals surface area contributed by atoms with E-state index in [4.69, 9.17) is 8.85 Å². The second-order valence-corrected chi connectivity index (χ2v) is 9.15. The second-order valence-electron chi connectivity index (χ2n) is 6.18. The molecule has 0 aliphatic heterocycles. The van der Waals surface area contributed by atoms with Crippen LogP contribution in [0.2, 0.25) is 0 Å². The van der Waals surface area contributed by atoms with Gasteiger partial charge in [-0.15, -0.1) is 6.58 Å². The molecule has 2 rings (SSSR count). The minimum atomic E-state index is -2.69. The number of rotatable bonds is 12. The maximum Gasteiger partial charge on any atom is 0.407 e. The van der Waals surface area contributed by atoms with Crippen molar-refractivity contribution >= 4 is 18.9 Å². The van der Waals surface area contributed by atoms with E-state index in [0.29, 0.717) is 6.61 Å². The molecule has 2 aromatic carbocycles. The molecule has 0 aromatic heterocycles. The quantitative estimate of drug-likeness (QED) is 0.319. The van der Waals surface area contributed by atoms with Crippen LogP contribution >= 0.6 is 0 Å². The highest BCUT2D eigenvalue weighted by Crippen LogP contribution is 2.12. The summed E-state index contributed by atoms with van der Waals surface area (Å²) in [4.78, 5) is 0. The third-order valence-corrected chi connectivity index (χ3v) is 7.65. The molecule has 0 unspecified atom stereocenters. The molecule has 0 spiro atoms. The topological polar surface area (TPSA) is 18.5 Å². The molecule has 0 aliphatic carbocycles. The fraction of sp³-hybridized carbons (Fsp3) is 0.364. The smallest absolute Gasteiger partial charge is 0.388 e. The number of benzene rings is 2. The Morgan fingerprint density at radius 1 is 0.800 bits per heavy atom. The van der Waals surface area contributed by atoms with Gasteiger partial charge >= 0.3 is 8.56 Å². The Bertz CT molecular complexity index is 558. The fourth-order valence-electron chi connectivity index (χ4n) is 2.89. The molecule has 25 heavy (non-hydrogen) atoms. The van der Waals surface area contributed by atoms with Crippen LogP contribution in [0.3, 0.4) is 0 Å². The third-order valence-electron chi connectivity index (χ3n) is 4.24. The van der Waals surface area contributed by atoms with Gasteiger partial charge in [0.25, 0.3) is 0 Å². The van der Waals surface area contributed by atoms with Crippen molar-refractivity contribution < 1.29 is 8.85 Å². The van der Waals surface area contributed by atoms with E-state index in [9.17, 15) is 0 Å². The summed E-state index contributed by atoms with van der Waals surface area (Å²) in [5.74, 6) is 0. The Kier molecular flexibility index (Phi) is 8.67. The molecule has 0 atom stereocenters. The van der Waals surface area contributed by atoms with E-state index in [1.165, 1.54) is 29.6 Å². The van der Waals surface area contributed by atoms with Gasteiger partial charge in [-0.05, 0) is 23.2 Å². The Balaban J connectivity index is 2.29. The first-order chi connectivity index (χ1) is 12.3. The molecule has 0 amide bonds. The highest BCUT2D eigenvalue weighted by molar-refractivity contribution is 6.92. The maximum atomic E-state index is 6.58. The summed E-state index contributed by atoms with van der Waals surface area (Å²) in [7, 11) is -2.69. The molecule has 0 saturated carbocycles. The lowest BCUT2D eigenvalue weighted by Gasteiger charge is -2.31. The Hall–Kier alpha value is -1.68. The average molecular weight is 355 g/mol. The van der Waals surface area contributed by atoms with Crippen LogP contribution in [0, 0.1) is 0 Å². The highest BCUT2D eigenvalue weighted by Gasteiger charge is 2.42. The predicted molar refractivity (Wildman–Crippen MR) is 109 cm³/mol. The second kappa shape index (κ2) is 11.0. The van der Waals surface area contributed by atoms with Gasteiger partial charge in [-0.3, -0.25) is 0 Å². The summed E-state index contributed by atoms with van der Waals surface area (Å²) in [6.45, 7) is 7.42. The molecule has 0 heterocycles. The van der Waals surface area contributed by atoms with E-state index >= 15 is 0 Å². The Morgan fingerprint density at radius 2 is 1.36 bits per heavy atom. The summed E-state index contributed by atoms with van der Waals surface area (Å²) in [6.07, 6.45) is 7.50. The van der Waals surface area contributed by atoms with Gasteiger partial charge in [-0.2, -0.15) is 0 Å². The van der Waals surface area contributed by atoms with Crippen LogP contribution in [0.5, 0.6) is 0 Å². The van der Waals surface area contributed by atoms with Gasteiger partial charge < -0.3 is 8.85 Å². The van der Waals surface area contributed by atoms with Crippen LogP contribution < -0.4 is 10.4 Å². The standard InChI is InChI=1S/C22H30O2Si/c1-3-5-7-14-20-24-25(23-19-6-4-2,21-15-10-8-11-16-21)22-17-12-9-13-18-22/h4,8-13,15-18H,2-3,5-7,14,19-20H2,1H3. The van der Waals surface area contributed by atoms with Crippen LogP contribution in [0.15, 0.2) is 73.3 Å². The molecule has 2 aromatic rings. The zero-order chi connectivity index (χ0) is 17.8. The Labute approximate surface area is 153 Å². The van der Waals surface area contributed by atoms with Gasteiger partial charge in [0, 0.05) is 13.2 Å². The van der Waals surface area contributed by atoms with E-state index in [2.05, 4.69) is 62.0 Å². The molecule has 0 radical (unpaired) electrons. The normalized spacial score (nSPS) is 11.4. The van der Waals surface area contributed by atoms with Gasteiger partial charge in [0.15, 0.2) is 0 Å². The molecule has 134 valence electrons. The Morgan fingerprint density at radius 3 is 1.88 bits per heavy atom. The van der Waals surface area contributed by atoms with Crippen molar-refractivity contribution in [2.24, 2.45) is 0 Å². The van der Waals surface area contributed by atoms with Crippen molar-refractivity contribution in [2.75, 3.05) is 13.2 Å². The minimum Gasteiger partial charge on any atom is -0.388 e. The van der Waals surface area contributed by atoms with Gasteiger partial charge in [0.1, 0.15) is 0 Å². The van der Waals surface area contributed by atoms with Crippen LogP contribution in [-0.2, 0) is 8.85 Å². The fourth-order valence-corrected chi connectivity index (χ4v) is 6.07. The first kappa shape index (κ1) is 19.6. The predicted octanol–water partition coefficient (Wildman–Crippen LogP) is 4.43. The zero-order valence-electron chi connectivity index (χ0n) is 15.3. The van der Waals surface area contributed by atoms with Crippen LogP contribution in [0.25, 0.3) is 0 Å². The van der Waals surface area contributed by atoms with Crippen molar-refractivity contribution in [2.45, 2.75) is 39.0 Å². The lowest BCUT2D eigenvalue weighted by Crippen LogP contribution is -2.63. The molecule has 2 nitrogen and oxygen atoms in total. The number of hydrogen-bond acceptors (Lipinski definition) is 2. The summed E-state index contributed by atoms with van der Waals surface area (Å²) in [5, 5.41) is 2.33. The minimum absolute atomic E-state index is 0.633. The molecule has 0 bridgehead atoms. The molecule has 0 fully saturated rings. The summed E-state index contributed by atoms with van der Waals surface area (Å²) < 4.78 is 13.1. The summed E-state index contributed by atoms with van der Waals surface area (Å²) in [6, 6.07) is 20.9. The monoisotopic (exact) mass is 354 g/mol. The highest BCUT2D eigenvalue weighted by atomic mass is 28.4. The first-order valence-corrected chi connectivity index (χ1v) is 11.1. The third kappa shape index (κ3) is 5.67. The van der Waals surface area contributed by atoms with Gasteiger partial charge in [-0.25, -0.2) is 0 Å². The van der Waals surface area contributed by atoms with Crippen molar-refractivity contribution in [3.63, 3.8) is 0 Å². The summed E-state index contributed by atoms with van der Waals surface area (Å²) in [5.41, 5.74) is 0. The molecule has 0 aliphatic rings. The number of hydrogen-bond donors (Lipinski definition) is 0. The molecular weight excluding hydrogens is 324 g/mol. The first-order valence-electron chi connectivity index (χ1n) is 9.33. The zero-order valence-corrected chi connectivity index (χ0v) is 16.3. The lowest BCUT2D eigenvalue weighted by atomic mass is 10.2. The molecule has 0 N–H and O–H groups in total. The SMILES string of the molecule is C=CCCO[Si](OCCCCCC)(c1ccccc1)c1ccccc1. The lowest BCUT2D eigenvalue weighted by molar-refractivity contribution is 0.190. The number of unbranched alkanes of at least 4 members (excludes halogenated alkanes) is 3. The van der Waals surface area contributed by atoms with E-state index in [1.807, 2.05) is 18.2 Å². The van der Waals surface area contributed by atoms with Crippen molar-refractivity contribution in [1.82, 2.24) is 0 Å². The molecule has 0 saturated heterocycles. The van der Waals surface area contributed by atoms with E-state index in [-0.39, 0.29) is 0 Å². The van der Waals surface area contributed by atoms with Gasteiger partial charge in [-0.1, -0.05) is 92.9 Å². The van der Waals surface area contributed by atoms with Crippen molar-refractivity contribution in [3.05, 3.63) is 73.3 Å². The van der Waals surface area contributed by atoms with Crippen LogP contribution in [-0.4, -0.2) is 21.8 Å². The van der Waals surface area contributed by atoms with Gasteiger partial charge in [0.05, 0.1) is 0 Å². The molecule has 3 heteroatoms. The maximum absolute atomic E-state index is 6.58. The van der Waals surface area contributed by atoms with Crippen LogP contribution in [0.4, 0.5) is 0 Å². The van der Waals surface area contributed by atoms with Crippen molar-refractivity contribution in [1.29, 1.82) is 0 Å². The van der Waals surface area contributed by atoms with Crippen LogP contribution in [0.1, 0.15) is 39.0 Å².